The highest BCUT2D eigenvalue weighted by molar-refractivity contribution is 7.98. The van der Waals surface area contributed by atoms with E-state index in [9.17, 15) is 14.0 Å². The van der Waals surface area contributed by atoms with Crippen molar-refractivity contribution < 1.29 is 23.2 Å². The molecule has 0 aliphatic carbocycles. The van der Waals surface area contributed by atoms with Crippen molar-refractivity contribution in [2.45, 2.75) is 17.6 Å². The van der Waals surface area contributed by atoms with Crippen molar-refractivity contribution >= 4 is 29.3 Å². The molecule has 1 heterocycles. The number of esters is 1. The number of aromatic nitrogens is 2. The SMILES string of the molecule is COC(=O)c1ccc(F)c(NC(=O)c2ccccc2SCc2noc(C)n2)c1. The van der Waals surface area contributed by atoms with Crippen LogP contribution in [-0.4, -0.2) is 29.1 Å². The van der Waals surface area contributed by atoms with Gasteiger partial charge in [0.1, 0.15) is 5.82 Å². The average Bonchev–Trinajstić information content (AvgIpc) is 3.12. The van der Waals surface area contributed by atoms with Crippen molar-refractivity contribution in [2.75, 3.05) is 12.4 Å². The molecule has 0 atom stereocenters. The van der Waals surface area contributed by atoms with Crippen molar-refractivity contribution in [2.24, 2.45) is 0 Å². The van der Waals surface area contributed by atoms with Crippen LogP contribution in [0.4, 0.5) is 10.1 Å². The number of nitrogens with zero attached hydrogens (tertiary/aromatic N) is 2. The lowest BCUT2D eigenvalue weighted by atomic mass is 10.1. The molecule has 0 aliphatic rings. The molecule has 2 aromatic carbocycles. The lowest BCUT2D eigenvalue weighted by Gasteiger charge is -2.11. The average molecular weight is 401 g/mol. The van der Waals surface area contributed by atoms with Crippen LogP contribution in [-0.2, 0) is 10.5 Å². The van der Waals surface area contributed by atoms with Crippen LogP contribution in [0.25, 0.3) is 0 Å². The van der Waals surface area contributed by atoms with Gasteiger partial charge in [0.2, 0.25) is 5.89 Å². The van der Waals surface area contributed by atoms with Gasteiger partial charge in [-0.1, -0.05) is 17.3 Å². The monoisotopic (exact) mass is 401 g/mol. The first-order valence-electron chi connectivity index (χ1n) is 8.18. The molecule has 1 amide bonds. The molecule has 3 rings (SSSR count). The number of rotatable bonds is 6. The van der Waals surface area contributed by atoms with Crippen LogP contribution in [0.2, 0.25) is 0 Å². The highest BCUT2D eigenvalue weighted by Crippen LogP contribution is 2.27. The fourth-order valence-electron chi connectivity index (χ4n) is 2.38. The summed E-state index contributed by atoms with van der Waals surface area (Å²) in [6.45, 7) is 1.69. The predicted molar refractivity (Wildman–Crippen MR) is 101 cm³/mol. The van der Waals surface area contributed by atoms with Crippen LogP contribution in [0.5, 0.6) is 0 Å². The lowest BCUT2D eigenvalue weighted by Crippen LogP contribution is -2.15. The van der Waals surface area contributed by atoms with Crippen LogP contribution < -0.4 is 5.32 Å². The molecule has 9 heteroatoms. The quantitative estimate of drug-likeness (QED) is 0.495. The standard InChI is InChI=1S/C19H16FN3O4S/c1-11-21-17(23-27-11)10-28-16-6-4-3-5-13(16)18(24)22-15-9-12(19(25)26-2)7-8-14(15)20/h3-9H,10H2,1-2H3,(H,22,24). The summed E-state index contributed by atoms with van der Waals surface area (Å²) in [5.74, 6) is -0.408. The van der Waals surface area contributed by atoms with Crippen LogP contribution in [0, 0.1) is 12.7 Å². The second kappa shape index (κ2) is 8.66. The number of aryl methyl sites for hydroxylation is 1. The van der Waals surface area contributed by atoms with Gasteiger partial charge in [0.05, 0.1) is 29.7 Å². The van der Waals surface area contributed by atoms with E-state index in [2.05, 4.69) is 20.2 Å². The van der Waals surface area contributed by atoms with E-state index in [0.717, 1.165) is 6.07 Å². The van der Waals surface area contributed by atoms with Crippen molar-refractivity contribution in [1.29, 1.82) is 0 Å². The molecule has 0 fully saturated rings. The Balaban J connectivity index is 1.79. The number of carbonyl (C=O) groups excluding carboxylic acids is 2. The molecule has 0 saturated carbocycles. The van der Waals surface area contributed by atoms with Crippen molar-refractivity contribution in [3.8, 4) is 0 Å². The van der Waals surface area contributed by atoms with E-state index in [1.165, 1.54) is 31.0 Å². The van der Waals surface area contributed by atoms with E-state index in [-0.39, 0.29) is 11.3 Å². The molecular formula is C19H16FN3O4S. The van der Waals surface area contributed by atoms with Gasteiger partial charge in [0.25, 0.3) is 5.91 Å². The number of carbonyl (C=O) groups is 2. The summed E-state index contributed by atoms with van der Waals surface area (Å²) in [4.78, 5) is 29.1. The minimum absolute atomic E-state index is 0.110. The van der Waals surface area contributed by atoms with E-state index in [4.69, 9.17) is 4.52 Å². The van der Waals surface area contributed by atoms with Crippen molar-refractivity contribution in [1.82, 2.24) is 10.1 Å². The van der Waals surface area contributed by atoms with Crippen LogP contribution >= 0.6 is 11.8 Å². The summed E-state index contributed by atoms with van der Waals surface area (Å²) < 4.78 is 23.6. The number of amides is 1. The van der Waals surface area contributed by atoms with Crippen LogP contribution in [0.3, 0.4) is 0 Å². The maximum Gasteiger partial charge on any atom is 0.337 e. The highest BCUT2D eigenvalue weighted by atomic mass is 32.2. The Kier molecular flexibility index (Phi) is 6.05. The molecule has 144 valence electrons. The highest BCUT2D eigenvalue weighted by Gasteiger charge is 2.16. The Hall–Kier alpha value is -3.20. The Morgan fingerprint density at radius 3 is 2.75 bits per heavy atom. The molecule has 0 unspecified atom stereocenters. The number of anilines is 1. The largest absolute Gasteiger partial charge is 0.465 e. The molecule has 28 heavy (non-hydrogen) atoms. The maximum absolute atomic E-state index is 14.1. The Morgan fingerprint density at radius 2 is 2.04 bits per heavy atom. The number of halogens is 1. The van der Waals surface area contributed by atoms with Crippen LogP contribution in [0.1, 0.15) is 32.4 Å². The van der Waals surface area contributed by atoms with E-state index >= 15 is 0 Å². The van der Waals surface area contributed by atoms with E-state index < -0.39 is 17.7 Å². The van der Waals surface area contributed by atoms with Crippen molar-refractivity contribution in [3.63, 3.8) is 0 Å². The Bertz CT molecular complexity index is 1020. The molecule has 1 N–H and O–H groups in total. The maximum atomic E-state index is 14.1. The van der Waals surface area contributed by atoms with Gasteiger partial charge in [0, 0.05) is 11.8 Å². The number of benzene rings is 2. The number of nitrogens with one attached hydrogen (secondary N) is 1. The first-order chi connectivity index (χ1) is 13.5. The third-order valence-electron chi connectivity index (χ3n) is 3.69. The number of hydrogen-bond acceptors (Lipinski definition) is 7. The first kappa shape index (κ1) is 19.6. The number of ether oxygens (including phenoxy) is 1. The van der Waals surface area contributed by atoms with E-state index in [0.29, 0.717) is 27.9 Å². The van der Waals surface area contributed by atoms with Gasteiger partial charge in [-0.05, 0) is 30.3 Å². The van der Waals surface area contributed by atoms with Gasteiger partial charge in [0.15, 0.2) is 5.82 Å². The van der Waals surface area contributed by atoms with Gasteiger partial charge in [-0.2, -0.15) is 4.98 Å². The minimum Gasteiger partial charge on any atom is -0.465 e. The molecule has 0 radical (unpaired) electrons. The zero-order valence-corrected chi connectivity index (χ0v) is 15.9. The molecule has 0 spiro atoms. The van der Waals surface area contributed by atoms with Gasteiger partial charge >= 0.3 is 5.97 Å². The van der Waals surface area contributed by atoms with Gasteiger partial charge < -0.3 is 14.6 Å². The second-order valence-corrected chi connectivity index (χ2v) is 6.67. The molecule has 0 saturated heterocycles. The van der Waals surface area contributed by atoms with Crippen molar-refractivity contribution in [3.05, 3.63) is 71.1 Å². The zero-order valence-electron chi connectivity index (χ0n) is 15.1. The zero-order chi connectivity index (χ0) is 20.1. The normalized spacial score (nSPS) is 10.5. The van der Waals surface area contributed by atoms with Gasteiger partial charge in [-0.25, -0.2) is 9.18 Å². The van der Waals surface area contributed by atoms with E-state index in [1.807, 2.05) is 0 Å². The summed E-state index contributed by atoms with van der Waals surface area (Å²) in [6, 6.07) is 10.5. The fraction of sp³-hybridized carbons (Fsp3) is 0.158. The predicted octanol–water partition coefficient (Wildman–Crippen LogP) is 3.85. The third-order valence-corrected chi connectivity index (χ3v) is 4.76. The molecule has 3 aromatic rings. The second-order valence-electron chi connectivity index (χ2n) is 5.65. The summed E-state index contributed by atoms with van der Waals surface area (Å²) in [7, 11) is 1.22. The van der Waals surface area contributed by atoms with Gasteiger partial charge in [-0.3, -0.25) is 4.79 Å². The molecule has 0 bridgehead atoms. The first-order valence-corrected chi connectivity index (χ1v) is 9.16. The minimum atomic E-state index is -0.659. The molecule has 1 aromatic heterocycles. The Labute approximate surface area is 164 Å². The smallest absolute Gasteiger partial charge is 0.337 e. The van der Waals surface area contributed by atoms with Gasteiger partial charge in [-0.15, -0.1) is 11.8 Å². The summed E-state index contributed by atoms with van der Waals surface area (Å²) in [5, 5.41) is 6.32. The van der Waals surface area contributed by atoms with Crippen LogP contribution in [0.15, 0.2) is 51.9 Å². The number of hydrogen-bond donors (Lipinski definition) is 1. The third kappa shape index (κ3) is 4.55. The molecular weight excluding hydrogens is 385 g/mol. The molecule has 0 aliphatic heterocycles. The Morgan fingerprint density at radius 1 is 1.25 bits per heavy atom. The molecule has 7 nitrogen and oxygen atoms in total. The van der Waals surface area contributed by atoms with E-state index in [1.54, 1.807) is 31.2 Å². The summed E-state index contributed by atoms with van der Waals surface area (Å²) in [5.41, 5.74) is 0.381. The number of thioether (sulfide) groups is 1. The summed E-state index contributed by atoms with van der Waals surface area (Å²) in [6.07, 6.45) is 0. The fourth-order valence-corrected chi connectivity index (χ4v) is 3.27. The lowest BCUT2D eigenvalue weighted by molar-refractivity contribution is 0.0600. The number of methoxy groups -OCH3 is 1. The topological polar surface area (TPSA) is 94.3 Å². The summed E-state index contributed by atoms with van der Waals surface area (Å²) >= 11 is 1.35.